The van der Waals surface area contributed by atoms with Gasteiger partial charge in [-0.2, -0.15) is 0 Å². The number of aliphatic carboxylic acids is 1. The van der Waals surface area contributed by atoms with Gasteiger partial charge in [0.15, 0.2) is 17.8 Å². The third-order valence-electron chi connectivity index (χ3n) is 2.59. The van der Waals surface area contributed by atoms with Crippen LogP contribution < -0.4 is 9.47 Å². The number of para-hydroxylation sites is 1. The molecule has 1 aromatic rings. The summed E-state index contributed by atoms with van der Waals surface area (Å²) in [6.07, 6.45) is 0.658. The van der Waals surface area contributed by atoms with Crippen molar-refractivity contribution in [1.29, 1.82) is 0 Å². The molecule has 0 bridgehead atoms. The average molecular weight is 266 g/mol. The average Bonchev–Trinajstić information content (AvgIpc) is 2.37. The monoisotopic (exact) mass is 266 g/mol. The van der Waals surface area contributed by atoms with Crippen molar-refractivity contribution in [2.75, 3.05) is 13.2 Å². The van der Waals surface area contributed by atoms with Crippen molar-refractivity contribution in [3.8, 4) is 11.5 Å². The van der Waals surface area contributed by atoms with Crippen molar-refractivity contribution in [2.24, 2.45) is 5.41 Å². The molecular formula is C14H18O5. The van der Waals surface area contributed by atoms with E-state index in [2.05, 4.69) is 0 Å². The van der Waals surface area contributed by atoms with Crippen LogP contribution in [0.15, 0.2) is 18.2 Å². The van der Waals surface area contributed by atoms with E-state index >= 15 is 0 Å². The van der Waals surface area contributed by atoms with Crippen molar-refractivity contribution >= 4 is 12.3 Å². The van der Waals surface area contributed by atoms with Crippen LogP contribution in [0.25, 0.3) is 0 Å². The summed E-state index contributed by atoms with van der Waals surface area (Å²) in [5, 5.41) is 9.04. The van der Waals surface area contributed by atoms with Gasteiger partial charge >= 0.3 is 5.97 Å². The number of carboxylic acids is 1. The third-order valence-corrected chi connectivity index (χ3v) is 2.59. The van der Waals surface area contributed by atoms with Crippen molar-refractivity contribution in [1.82, 2.24) is 0 Å². The molecule has 0 unspecified atom stereocenters. The maximum absolute atomic E-state index is 11.0. The minimum Gasteiger partial charge on any atom is -0.490 e. The summed E-state index contributed by atoms with van der Waals surface area (Å²) in [7, 11) is 0. The Balaban J connectivity index is 2.98. The molecule has 1 aromatic carbocycles. The van der Waals surface area contributed by atoms with E-state index in [-0.39, 0.29) is 12.4 Å². The molecule has 0 saturated carbocycles. The predicted octanol–water partition coefficient (Wildman–Crippen LogP) is 2.39. The topological polar surface area (TPSA) is 72.8 Å². The number of rotatable bonds is 7. The van der Waals surface area contributed by atoms with Crippen LogP contribution in [0, 0.1) is 5.41 Å². The first kappa shape index (κ1) is 15.0. The Bertz CT molecular complexity index is 465. The van der Waals surface area contributed by atoms with Crippen LogP contribution >= 0.6 is 0 Å². The zero-order chi connectivity index (χ0) is 14.5. The van der Waals surface area contributed by atoms with E-state index in [0.29, 0.717) is 24.2 Å². The molecule has 1 N–H and O–H groups in total. The highest BCUT2D eigenvalue weighted by molar-refractivity contribution is 5.81. The molecule has 5 heteroatoms. The fourth-order valence-electron chi connectivity index (χ4n) is 1.36. The molecule has 0 aliphatic rings. The summed E-state index contributed by atoms with van der Waals surface area (Å²) < 4.78 is 10.9. The standard InChI is InChI=1S/C14H18O5/c1-4-18-11-7-5-6-10(8-15)12(11)19-9-14(2,3)13(16)17/h5-8H,4,9H2,1-3H3,(H,16,17). The second-order valence-electron chi connectivity index (χ2n) is 4.70. The fourth-order valence-corrected chi connectivity index (χ4v) is 1.36. The van der Waals surface area contributed by atoms with Gasteiger partial charge in [-0.05, 0) is 32.9 Å². The first-order valence-electron chi connectivity index (χ1n) is 5.99. The number of ether oxygens (including phenoxy) is 2. The van der Waals surface area contributed by atoms with E-state index in [0.717, 1.165) is 0 Å². The first-order valence-corrected chi connectivity index (χ1v) is 5.99. The van der Waals surface area contributed by atoms with Gasteiger partial charge in [-0.25, -0.2) is 0 Å². The molecule has 0 fully saturated rings. The maximum Gasteiger partial charge on any atom is 0.312 e. The summed E-state index contributed by atoms with van der Waals surface area (Å²) in [6, 6.07) is 4.96. The Morgan fingerprint density at radius 3 is 2.58 bits per heavy atom. The van der Waals surface area contributed by atoms with Gasteiger partial charge < -0.3 is 14.6 Å². The quantitative estimate of drug-likeness (QED) is 0.767. The second-order valence-corrected chi connectivity index (χ2v) is 4.70. The lowest BCUT2D eigenvalue weighted by atomic mass is 9.95. The molecule has 0 amide bonds. The number of hydrogen-bond acceptors (Lipinski definition) is 4. The lowest BCUT2D eigenvalue weighted by Crippen LogP contribution is -2.31. The van der Waals surface area contributed by atoms with E-state index in [1.54, 1.807) is 32.0 Å². The van der Waals surface area contributed by atoms with Crippen molar-refractivity contribution in [3.63, 3.8) is 0 Å². The number of carbonyl (C=O) groups excluding carboxylic acids is 1. The minimum atomic E-state index is -1.04. The molecule has 0 radical (unpaired) electrons. The van der Waals surface area contributed by atoms with Crippen LogP contribution in [0.3, 0.4) is 0 Å². The zero-order valence-corrected chi connectivity index (χ0v) is 11.3. The lowest BCUT2D eigenvalue weighted by molar-refractivity contribution is -0.148. The van der Waals surface area contributed by atoms with Gasteiger partial charge in [-0.3, -0.25) is 9.59 Å². The van der Waals surface area contributed by atoms with E-state index in [9.17, 15) is 9.59 Å². The van der Waals surface area contributed by atoms with Gasteiger partial charge in [-0.1, -0.05) is 6.07 Å². The molecular weight excluding hydrogens is 248 g/mol. The Labute approximate surface area is 112 Å². The van der Waals surface area contributed by atoms with Gasteiger partial charge in [0.25, 0.3) is 0 Å². The number of hydrogen-bond donors (Lipinski definition) is 1. The molecule has 5 nitrogen and oxygen atoms in total. The highest BCUT2D eigenvalue weighted by atomic mass is 16.5. The van der Waals surface area contributed by atoms with Crippen LogP contribution in [0.4, 0.5) is 0 Å². The predicted molar refractivity (Wildman–Crippen MR) is 69.9 cm³/mol. The summed E-state index contributed by atoms with van der Waals surface area (Å²) in [5.41, 5.74) is -0.702. The first-order chi connectivity index (χ1) is 8.92. The Morgan fingerprint density at radius 2 is 2.05 bits per heavy atom. The van der Waals surface area contributed by atoms with Crippen LogP contribution in [0.2, 0.25) is 0 Å². The molecule has 0 aliphatic carbocycles. The fraction of sp³-hybridized carbons (Fsp3) is 0.429. The molecule has 0 atom stereocenters. The Morgan fingerprint density at radius 1 is 1.37 bits per heavy atom. The Kier molecular flexibility index (Phi) is 4.92. The SMILES string of the molecule is CCOc1cccc(C=O)c1OCC(C)(C)C(=O)O. The summed E-state index contributed by atoms with van der Waals surface area (Å²) >= 11 is 0. The summed E-state index contributed by atoms with van der Waals surface area (Å²) in [4.78, 5) is 22.0. The van der Waals surface area contributed by atoms with Crippen LogP contribution in [-0.2, 0) is 4.79 Å². The second kappa shape index (κ2) is 6.22. The summed E-state index contributed by atoms with van der Waals surface area (Å²) in [5.74, 6) is -0.240. The summed E-state index contributed by atoms with van der Waals surface area (Å²) in [6.45, 7) is 5.31. The highest BCUT2D eigenvalue weighted by Gasteiger charge is 2.29. The molecule has 0 aliphatic heterocycles. The van der Waals surface area contributed by atoms with E-state index < -0.39 is 11.4 Å². The van der Waals surface area contributed by atoms with Crippen LogP contribution in [0.5, 0.6) is 11.5 Å². The third kappa shape index (κ3) is 3.71. The van der Waals surface area contributed by atoms with E-state index in [1.165, 1.54) is 0 Å². The number of carbonyl (C=O) groups is 2. The van der Waals surface area contributed by atoms with Gasteiger partial charge in [0.1, 0.15) is 6.61 Å². The highest BCUT2D eigenvalue weighted by Crippen LogP contribution is 2.32. The molecule has 19 heavy (non-hydrogen) atoms. The Hall–Kier alpha value is -2.04. The van der Waals surface area contributed by atoms with Gasteiger partial charge in [0.2, 0.25) is 0 Å². The molecule has 1 rings (SSSR count). The minimum absolute atomic E-state index is 0.0484. The molecule has 0 saturated heterocycles. The smallest absolute Gasteiger partial charge is 0.312 e. The molecule has 104 valence electrons. The largest absolute Gasteiger partial charge is 0.490 e. The number of benzene rings is 1. The van der Waals surface area contributed by atoms with Crippen molar-refractivity contribution < 1.29 is 24.2 Å². The normalized spacial score (nSPS) is 10.9. The lowest BCUT2D eigenvalue weighted by Gasteiger charge is -2.21. The number of carboxylic acid groups (broad SMARTS) is 1. The number of aldehydes is 1. The van der Waals surface area contributed by atoms with Crippen LogP contribution in [-0.4, -0.2) is 30.6 Å². The van der Waals surface area contributed by atoms with Gasteiger partial charge in [0.05, 0.1) is 17.6 Å². The molecule has 0 aromatic heterocycles. The zero-order valence-electron chi connectivity index (χ0n) is 11.3. The van der Waals surface area contributed by atoms with Crippen molar-refractivity contribution in [2.45, 2.75) is 20.8 Å². The van der Waals surface area contributed by atoms with Gasteiger partial charge in [0, 0.05) is 0 Å². The van der Waals surface area contributed by atoms with E-state index in [1.807, 2.05) is 6.92 Å². The van der Waals surface area contributed by atoms with Crippen molar-refractivity contribution in [3.05, 3.63) is 23.8 Å². The van der Waals surface area contributed by atoms with Crippen LogP contribution in [0.1, 0.15) is 31.1 Å². The van der Waals surface area contributed by atoms with Gasteiger partial charge in [-0.15, -0.1) is 0 Å². The maximum atomic E-state index is 11.0. The molecule has 0 spiro atoms. The van der Waals surface area contributed by atoms with E-state index in [4.69, 9.17) is 14.6 Å². The molecule has 0 heterocycles.